The molecule has 2 aromatic heterocycles. The van der Waals surface area contributed by atoms with E-state index >= 15 is 0 Å². The van der Waals surface area contributed by atoms with Crippen LogP contribution < -0.4 is 14.9 Å². The summed E-state index contributed by atoms with van der Waals surface area (Å²) < 4.78 is 38.6. The molecule has 200 valence electrons. The second-order valence-electron chi connectivity index (χ2n) is 8.06. The van der Waals surface area contributed by atoms with E-state index in [1.807, 2.05) is 49.4 Å². The molecule has 0 radical (unpaired) electrons. The Labute approximate surface area is 227 Å². The number of amides is 2. The third kappa shape index (κ3) is 7.13. The number of hydrogen-bond donors (Lipinski definition) is 1. The molecule has 0 saturated carbocycles. The number of ether oxygens (including phenoxy) is 2. The lowest BCUT2D eigenvalue weighted by molar-refractivity contribution is -0.115. The van der Waals surface area contributed by atoms with Crippen molar-refractivity contribution in [2.24, 2.45) is 4.99 Å². The van der Waals surface area contributed by atoms with E-state index in [4.69, 9.17) is 9.47 Å². The van der Waals surface area contributed by atoms with E-state index in [1.165, 1.54) is 22.7 Å². The Bertz CT molecular complexity index is 1610. The Hall–Kier alpha value is -3.39. The monoisotopic (exact) mass is 574 g/mol. The van der Waals surface area contributed by atoms with Gasteiger partial charge in [0.1, 0.15) is 17.3 Å². The molecule has 2 aromatic carbocycles. The molecule has 4 rings (SSSR count). The normalized spacial score (nSPS) is 12.1. The molecular weight excluding hydrogens is 548 g/mol. The largest absolute Gasteiger partial charge is 0.497 e. The Morgan fingerprint density at radius 1 is 1.13 bits per heavy atom. The number of anilines is 1. The van der Waals surface area contributed by atoms with Gasteiger partial charge in [0.15, 0.2) is 19.8 Å². The van der Waals surface area contributed by atoms with Crippen molar-refractivity contribution in [2.45, 2.75) is 13.5 Å². The van der Waals surface area contributed by atoms with Gasteiger partial charge in [-0.25, -0.2) is 13.4 Å². The van der Waals surface area contributed by atoms with E-state index < -0.39 is 33.2 Å². The van der Waals surface area contributed by atoms with Gasteiger partial charge in [-0.15, -0.1) is 11.3 Å². The van der Waals surface area contributed by atoms with Crippen molar-refractivity contribution < 1.29 is 27.5 Å². The molecule has 0 aliphatic rings. The maximum atomic E-state index is 12.7. The molecule has 0 unspecified atom stereocenters. The molecule has 13 heteroatoms. The van der Waals surface area contributed by atoms with Gasteiger partial charge >= 0.3 is 0 Å². The van der Waals surface area contributed by atoms with Crippen LogP contribution in [0.25, 0.3) is 21.5 Å². The molecule has 0 bridgehead atoms. The first-order chi connectivity index (χ1) is 18.3. The molecule has 0 aliphatic heterocycles. The van der Waals surface area contributed by atoms with Crippen molar-refractivity contribution >= 4 is 59.7 Å². The van der Waals surface area contributed by atoms with Crippen molar-refractivity contribution in [3.05, 3.63) is 58.7 Å². The molecule has 10 nitrogen and oxygen atoms in total. The first kappa shape index (κ1) is 27.6. The Kier molecular flexibility index (Phi) is 9.05. The number of carbonyl (C=O) groups excluding carboxylic acids is 2. The smallest absolute Gasteiger partial charge is 0.263 e. The summed E-state index contributed by atoms with van der Waals surface area (Å²) in [6.45, 7) is 3.25. The highest BCUT2D eigenvalue weighted by Crippen LogP contribution is 2.25. The predicted molar refractivity (Wildman–Crippen MR) is 148 cm³/mol. The van der Waals surface area contributed by atoms with Gasteiger partial charge < -0.3 is 19.4 Å². The number of sulfone groups is 1. The van der Waals surface area contributed by atoms with Gasteiger partial charge in [-0.05, 0) is 25.1 Å². The molecule has 0 aliphatic carbocycles. The molecule has 2 amide bonds. The zero-order valence-electron chi connectivity index (χ0n) is 20.7. The summed E-state index contributed by atoms with van der Waals surface area (Å²) in [6, 6.07) is 14.9. The standard InChI is InChI=1S/C25H26N4O6S3/c1-3-35-12-11-29-20-10-9-18(34-2)13-21(20)37-25(29)28-23(31)16-38(32,33)15-22(30)27-24-26-19(14-36-24)17-7-5-4-6-8-17/h4-10,13-14H,3,11-12,15-16H2,1-2H3,(H,26,27,30). The molecule has 4 aromatic rings. The summed E-state index contributed by atoms with van der Waals surface area (Å²) in [7, 11) is -2.51. The highest BCUT2D eigenvalue weighted by atomic mass is 32.2. The predicted octanol–water partition coefficient (Wildman–Crippen LogP) is 3.35. The van der Waals surface area contributed by atoms with E-state index in [9.17, 15) is 18.0 Å². The minimum absolute atomic E-state index is 0.274. The molecule has 38 heavy (non-hydrogen) atoms. The summed E-state index contributed by atoms with van der Waals surface area (Å²) in [4.78, 5) is 33.8. The number of nitrogens with one attached hydrogen (secondary N) is 1. The van der Waals surface area contributed by atoms with E-state index in [2.05, 4.69) is 15.3 Å². The highest BCUT2D eigenvalue weighted by Gasteiger charge is 2.22. The Balaban J connectivity index is 1.45. The zero-order chi connectivity index (χ0) is 27.1. The minimum atomic E-state index is -4.07. The van der Waals surface area contributed by atoms with E-state index in [1.54, 1.807) is 23.1 Å². The van der Waals surface area contributed by atoms with Crippen molar-refractivity contribution in [3.63, 3.8) is 0 Å². The number of nitrogens with zero attached hydrogens (tertiary/aromatic N) is 3. The SMILES string of the molecule is CCOCCn1c(=NC(=O)CS(=O)(=O)CC(=O)Nc2nc(-c3ccccc3)cs2)sc2cc(OC)ccc21. The molecule has 0 atom stereocenters. The average Bonchev–Trinajstić information content (AvgIpc) is 3.47. The topological polar surface area (TPSA) is 129 Å². The van der Waals surface area contributed by atoms with Crippen molar-refractivity contribution in [3.8, 4) is 17.0 Å². The van der Waals surface area contributed by atoms with E-state index in [0.29, 0.717) is 36.0 Å². The molecule has 2 heterocycles. The molecule has 0 saturated heterocycles. The second-order valence-corrected chi connectivity index (χ2v) is 12.0. The molecule has 0 spiro atoms. The van der Waals surface area contributed by atoms with Crippen LogP contribution in [0.3, 0.4) is 0 Å². The second kappa shape index (κ2) is 12.4. The van der Waals surface area contributed by atoms with Gasteiger partial charge in [0.05, 0.1) is 29.6 Å². The lowest BCUT2D eigenvalue weighted by atomic mass is 10.2. The summed E-state index contributed by atoms with van der Waals surface area (Å²) in [5, 5.41) is 4.54. The first-order valence-corrected chi connectivity index (χ1v) is 15.1. The van der Waals surface area contributed by atoms with Gasteiger partial charge in [-0.3, -0.25) is 9.59 Å². The Morgan fingerprint density at radius 3 is 2.66 bits per heavy atom. The highest BCUT2D eigenvalue weighted by molar-refractivity contribution is 7.92. The van der Waals surface area contributed by atoms with Gasteiger partial charge in [-0.1, -0.05) is 41.7 Å². The van der Waals surface area contributed by atoms with Crippen LogP contribution in [0, 0.1) is 0 Å². The van der Waals surface area contributed by atoms with Crippen molar-refractivity contribution in [1.29, 1.82) is 0 Å². The van der Waals surface area contributed by atoms with Crippen LogP contribution in [-0.2, 0) is 30.7 Å². The fraction of sp³-hybridized carbons (Fsp3) is 0.280. The number of methoxy groups -OCH3 is 1. The van der Waals surface area contributed by atoms with Crippen LogP contribution in [0.2, 0.25) is 0 Å². The number of fused-ring (bicyclic) bond motifs is 1. The number of thiazole rings is 2. The number of benzene rings is 2. The van der Waals surface area contributed by atoms with Crippen LogP contribution in [0.15, 0.2) is 58.9 Å². The lowest BCUT2D eigenvalue weighted by Gasteiger charge is -2.06. The van der Waals surface area contributed by atoms with Crippen LogP contribution in [0.1, 0.15) is 6.92 Å². The lowest BCUT2D eigenvalue weighted by Crippen LogP contribution is -2.28. The fourth-order valence-corrected chi connectivity index (χ4v) is 6.44. The number of rotatable bonds is 11. The minimum Gasteiger partial charge on any atom is -0.497 e. The van der Waals surface area contributed by atoms with Gasteiger partial charge in [0.2, 0.25) is 5.91 Å². The maximum Gasteiger partial charge on any atom is 0.263 e. The van der Waals surface area contributed by atoms with E-state index in [0.717, 1.165) is 15.8 Å². The van der Waals surface area contributed by atoms with Crippen LogP contribution in [0.4, 0.5) is 5.13 Å². The summed E-state index contributed by atoms with van der Waals surface area (Å²) in [5.41, 5.74) is 2.37. The van der Waals surface area contributed by atoms with Crippen molar-refractivity contribution in [1.82, 2.24) is 9.55 Å². The quantitative estimate of drug-likeness (QED) is 0.272. The maximum absolute atomic E-state index is 12.7. The van der Waals surface area contributed by atoms with Crippen LogP contribution in [-0.4, -0.2) is 61.6 Å². The molecule has 0 fully saturated rings. The third-order valence-corrected chi connectivity index (χ3v) is 8.48. The molecule has 1 N–H and O–H groups in total. The summed E-state index contributed by atoms with van der Waals surface area (Å²) in [5.74, 6) is -2.73. The van der Waals surface area contributed by atoms with Gasteiger partial charge in [0, 0.05) is 24.1 Å². The number of carbonyl (C=O) groups is 2. The number of hydrogen-bond acceptors (Lipinski definition) is 9. The zero-order valence-corrected chi connectivity index (χ0v) is 23.2. The fourth-order valence-electron chi connectivity index (χ4n) is 3.59. The first-order valence-electron chi connectivity index (χ1n) is 11.6. The third-order valence-electron chi connectivity index (χ3n) is 5.29. The average molecular weight is 575 g/mol. The van der Waals surface area contributed by atoms with Crippen LogP contribution in [0.5, 0.6) is 5.75 Å². The van der Waals surface area contributed by atoms with Gasteiger partial charge in [0.25, 0.3) is 5.91 Å². The van der Waals surface area contributed by atoms with Gasteiger partial charge in [-0.2, -0.15) is 4.99 Å². The van der Waals surface area contributed by atoms with Crippen molar-refractivity contribution in [2.75, 3.05) is 37.1 Å². The summed E-state index contributed by atoms with van der Waals surface area (Å²) in [6.07, 6.45) is 0. The Morgan fingerprint density at radius 2 is 1.92 bits per heavy atom. The summed E-state index contributed by atoms with van der Waals surface area (Å²) >= 11 is 2.43. The number of aromatic nitrogens is 2. The van der Waals surface area contributed by atoms with E-state index in [-0.39, 0.29) is 5.13 Å². The van der Waals surface area contributed by atoms with Crippen LogP contribution >= 0.6 is 22.7 Å². The molecular formula is C25H26N4O6S3.